The molecule has 3 nitrogen and oxygen atoms in total. The first-order chi connectivity index (χ1) is 8.36. The monoisotopic (exact) mass is 249 g/mol. The van der Waals surface area contributed by atoms with Crippen LogP contribution in [0.15, 0.2) is 36.5 Å². The summed E-state index contributed by atoms with van der Waals surface area (Å²) in [5.74, 6) is 0. The van der Waals surface area contributed by atoms with Gasteiger partial charge in [-0.2, -0.15) is 0 Å². The highest BCUT2D eigenvalue weighted by Crippen LogP contribution is 2.11. The number of nitrogens with zero attached hydrogens (tertiary/aromatic N) is 3. The van der Waals surface area contributed by atoms with Crippen LogP contribution in [0.5, 0.6) is 0 Å². The van der Waals surface area contributed by atoms with E-state index in [0.717, 1.165) is 39.6 Å². The summed E-state index contributed by atoms with van der Waals surface area (Å²) >= 11 is 0. The second-order valence-corrected chi connectivity index (χ2v) is 5.78. The Kier molecular flexibility index (Phi) is 5.79. The molecule has 0 spiro atoms. The van der Waals surface area contributed by atoms with Crippen molar-refractivity contribution in [3.8, 4) is 0 Å². The zero-order valence-corrected chi connectivity index (χ0v) is 12.2. The molecule has 0 atom stereocenters. The highest BCUT2D eigenvalue weighted by molar-refractivity contribution is 4.97. The first-order valence-corrected chi connectivity index (χ1v) is 6.47. The lowest BCUT2D eigenvalue weighted by atomic mass is 10.2. The standard InChI is InChI=1S/C15H27N3/c1-13(2)7-16-10-17(8-14(3)4)12-18(11-16)9-15(5)6/h1,3,5,7-12H2,2,4,6H3. The molecule has 0 amide bonds. The summed E-state index contributed by atoms with van der Waals surface area (Å²) < 4.78 is 0. The van der Waals surface area contributed by atoms with Crippen LogP contribution in [0.4, 0.5) is 0 Å². The van der Waals surface area contributed by atoms with E-state index in [1.165, 1.54) is 16.7 Å². The number of rotatable bonds is 6. The molecule has 3 heteroatoms. The quantitative estimate of drug-likeness (QED) is 0.670. The molecule has 0 aliphatic carbocycles. The Morgan fingerprint density at radius 1 is 0.667 bits per heavy atom. The Balaban J connectivity index is 2.62. The molecule has 0 bridgehead atoms. The Morgan fingerprint density at radius 2 is 0.889 bits per heavy atom. The molecule has 1 heterocycles. The van der Waals surface area contributed by atoms with E-state index < -0.39 is 0 Å². The second-order valence-electron chi connectivity index (χ2n) is 5.78. The summed E-state index contributed by atoms with van der Waals surface area (Å²) in [5, 5.41) is 0. The molecule has 0 unspecified atom stereocenters. The Hall–Kier alpha value is -0.900. The van der Waals surface area contributed by atoms with Crippen molar-refractivity contribution in [2.24, 2.45) is 0 Å². The molecule has 1 rings (SSSR count). The lowest BCUT2D eigenvalue weighted by Crippen LogP contribution is -2.55. The molecule has 0 saturated carbocycles. The van der Waals surface area contributed by atoms with Crippen LogP contribution < -0.4 is 0 Å². The number of hydrogen-bond donors (Lipinski definition) is 0. The fraction of sp³-hybridized carbons (Fsp3) is 0.600. The Labute approximate surface area is 112 Å². The minimum atomic E-state index is 0.958. The third-order valence-corrected chi connectivity index (χ3v) is 2.68. The van der Waals surface area contributed by atoms with Crippen LogP contribution in [0.1, 0.15) is 20.8 Å². The molecule has 0 radical (unpaired) electrons. The van der Waals surface area contributed by atoms with Gasteiger partial charge in [0, 0.05) is 19.6 Å². The molecule has 1 saturated heterocycles. The second kappa shape index (κ2) is 6.88. The molecule has 0 aromatic rings. The SMILES string of the molecule is C=C(C)CN1CN(CC(=C)C)CN(CC(=C)C)C1. The van der Waals surface area contributed by atoms with Crippen molar-refractivity contribution in [2.45, 2.75) is 20.8 Å². The van der Waals surface area contributed by atoms with Crippen molar-refractivity contribution >= 4 is 0 Å². The summed E-state index contributed by atoms with van der Waals surface area (Å²) in [6.07, 6.45) is 0. The average molecular weight is 249 g/mol. The van der Waals surface area contributed by atoms with Crippen LogP contribution in [0.25, 0.3) is 0 Å². The van der Waals surface area contributed by atoms with Gasteiger partial charge in [0.1, 0.15) is 0 Å². The lowest BCUT2D eigenvalue weighted by Gasteiger charge is -2.42. The fourth-order valence-electron chi connectivity index (χ4n) is 2.43. The van der Waals surface area contributed by atoms with Gasteiger partial charge in [0.05, 0.1) is 20.0 Å². The fourth-order valence-corrected chi connectivity index (χ4v) is 2.43. The van der Waals surface area contributed by atoms with E-state index >= 15 is 0 Å². The first-order valence-electron chi connectivity index (χ1n) is 6.47. The van der Waals surface area contributed by atoms with Crippen molar-refractivity contribution in [1.82, 2.24) is 14.7 Å². The summed E-state index contributed by atoms with van der Waals surface area (Å²) in [6.45, 7) is 24.1. The van der Waals surface area contributed by atoms with Gasteiger partial charge in [0.15, 0.2) is 0 Å². The highest BCUT2D eigenvalue weighted by atomic mass is 15.5. The summed E-state index contributed by atoms with van der Waals surface area (Å²) in [5.41, 5.74) is 3.63. The first kappa shape index (κ1) is 15.2. The van der Waals surface area contributed by atoms with E-state index in [4.69, 9.17) is 0 Å². The van der Waals surface area contributed by atoms with Gasteiger partial charge < -0.3 is 0 Å². The molecule has 1 aliphatic rings. The van der Waals surface area contributed by atoms with Crippen molar-refractivity contribution in [1.29, 1.82) is 0 Å². The summed E-state index contributed by atoms with van der Waals surface area (Å²) in [7, 11) is 0. The van der Waals surface area contributed by atoms with Crippen molar-refractivity contribution in [3.05, 3.63) is 36.5 Å². The number of hydrogen-bond acceptors (Lipinski definition) is 3. The van der Waals surface area contributed by atoms with Crippen LogP contribution >= 0.6 is 0 Å². The van der Waals surface area contributed by atoms with Gasteiger partial charge in [-0.25, -0.2) is 0 Å². The minimum Gasteiger partial charge on any atom is -0.274 e. The van der Waals surface area contributed by atoms with Crippen LogP contribution in [0.3, 0.4) is 0 Å². The summed E-state index contributed by atoms with van der Waals surface area (Å²) in [6, 6.07) is 0. The van der Waals surface area contributed by atoms with Crippen LogP contribution in [0, 0.1) is 0 Å². The van der Waals surface area contributed by atoms with Crippen LogP contribution in [-0.2, 0) is 0 Å². The molecule has 0 aromatic carbocycles. The van der Waals surface area contributed by atoms with E-state index in [1.54, 1.807) is 0 Å². The van der Waals surface area contributed by atoms with Gasteiger partial charge in [0.2, 0.25) is 0 Å². The van der Waals surface area contributed by atoms with E-state index in [9.17, 15) is 0 Å². The molecule has 102 valence electrons. The molecule has 1 fully saturated rings. The Bertz CT molecular complexity index is 274. The van der Waals surface area contributed by atoms with Gasteiger partial charge in [-0.15, -0.1) is 0 Å². The lowest BCUT2D eigenvalue weighted by molar-refractivity contribution is -0.0149. The molecular weight excluding hydrogens is 222 g/mol. The van der Waals surface area contributed by atoms with E-state index in [1.807, 2.05) is 0 Å². The predicted molar refractivity (Wildman–Crippen MR) is 79.2 cm³/mol. The van der Waals surface area contributed by atoms with Gasteiger partial charge in [-0.1, -0.05) is 36.5 Å². The molecular formula is C15H27N3. The maximum absolute atomic E-state index is 4.01. The van der Waals surface area contributed by atoms with Crippen LogP contribution in [0.2, 0.25) is 0 Å². The zero-order valence-electron chi connectivity index (χ0n) is 12.2. The maximum Gasteiger partial charge on any atom is 0.0536 e. The minimum absolute atomic E-state index is 0.958. The normalized spacial score (nSPS) is 18.8. The average Bonchev–Trinajstić information content (AvgIpc) is 2.12. The third kappa shape index (κ3) is 5.63. The van der Waals surface area contributed by atoms with Crippen LogP contribution in [-0.4, -0.2) is 54.3 Å². The Morgan fingerprint density at radius 3 is 1.06 bits per heavy atom. The van der Waals surface area contributed by atoms with Gasteiger partial charge in [0.25, 0.3) is 0 Å². The van der Waals surface area contributed by atoms with E-state index in [2.05, 4.69) is 55.2 Å². The molecule has 0 N–H and O–H groups in total. The van der Waals surface area contributed by atoms with Gasteiger partial charge in [-0.3, -0.25) is 14.7 Å². The van der Waals surface area contributed by atoms with E-state index in [0.29, 0.717) is 0 Å². The molecule has 18 heavy (non-hydrogen) atoms. The molecule has 0 aromatic heterocycles. The molecule has 1 aliphatic heterocycles. The predicted octanol–water partition coefficient (Wildman–Crippen LogP) is 2.51. The van der Waals surface area contributed by atoms with Crippen molar-refractivity contribution in [3.63, 3.8) is 0 Å². The van der Waals surface area contributed by atoms with Crippen molar-refractivity contribution < 1.29 is 0 Å². The zero-order chi connectivity index (χ0) is 13.7. The smallest absolute Gasteiger partial charge is 0.0536 e. The highest BCUT2D eigenvalue weighted by Gasteiger charge is 2.22. The van der Waals surface area contributed by atoms with Gasteiger partial charge >= 0.3 is 0 Å². The van der Waals surface area contributed by atoms with E-state index in [-0.39, 0.29) is 0 Å². The van der Waals surface area contributed by atoms with Crippen molar-refractivity contribution in [2.75, 3.05) is 39.6 Å². The summed E-state index contributed by atoms with van der Waals surface area (Å²) in [4.78, 5) is 7.24. The largest absolute Gasteiger partial charge is 0.274 e. The van der Waals surface area contributed by atoms with Gasteiger partial charge in [-0.05, 0) is 20.8 Å². The maximum atomic E-state index is 4.01. The third-order valence-electron chi connectivity index (χ3n) is 2.68. The topological polar surface area (TPSA) is 9.72 Å².